The minimum Gasteiger partial charge on any atom is -0.376 e. The van der Waals surface area contributed by atoms with Gasteiger partial charge in [0.15, 0.2) is 0 Å². The zero-order valence-electron chi connectivity index (χ0n) is 17.5. The number of halogens is 1. The fraction of sp³-hybridized carbons (Fsp3) is 0.417. The molecule has 1 atom stereocenters. The highest BCUT2D eigenvalue weighted by atomic mass is 79.9. The molecule has 31 heavy (non-hydrogen) atoms. The van der Waals surface area contributed by atoms with Gasteiger partial charge in [-0.1, -0.05) is 40.9 Å². The quantitative estimate of drug-likeness (QED) is 0.525. The van der Waals surface area contributed by atoms with Gasteiger partial charge in [-0.25, -0.2) is 4.79 Å². The van der Waals surface area contributed by atoms with Crippen LogP contribution < -0.4 is 16.0 Å². The second-order valence-electron chi connectivity index (χ2n) is 8.30. The first-order valence-corrected chi connectivity index (χ1v) is 11.7. The number of carbonyl (C=O) groups excluding carboxylic acids is 2. The molecule has 1 saturated carbocycles. The first kappa shape index (κ1) is 21.8. The Kier molecular flexibility index (Phi) is 6.92. The molecule has 164 valence electrons. The molecule has 0 spiro atoms. The predicted octanol–water partition coefficient (Wildman–Crippen LogP) is 5.20. The number of hydrogen-bond donors (Lipinski definition) is 3. The molecule has 1 unspecified atom stereocenters. The van der Waals surface area contributed by atoms with Gasteiger partial charge in [-0.3, -0.25) is 4.79 Å². The van der Waals surface area contributed by atoms with E-state index in [4.69, 9.17) is 4.74 Å². The number of carbonyl (C=O) groups is 2. The number of urea groups is 1. The third-order valence-corrected chi connectivity index (χ3v) is 6.73. The molecule has 7 heteroatoms. The Labute approximate surface area is 191 Å². The highest BCUT2D eigenvalue weighted by Crippen LogP contribution is 2.42. The lowest BCUT2D eigenvalue weighted by Crippen LogP contribution is -2.38. The average Bonchev–Trinajstić information content (AvgIpc) is 3.47. The normalized spacial score (nSPS) is 19.7. The van der Waals surface area contributed by atoms with Crippen LogP contribution >= 0.6 is 15.9 Å². The fourth-order valence-corrected chi connectivity index (χ4v) is 4.73. The summed E-state index contributed by atoms with van der Waals surface area (Å²) < 4.78 is 6.52. The van der Waals surface area contributed by atoms with Crippen LogP contribution in [0.15, 0.2) is 53.0 Å². The monoisotopic (exact) mass is 485 g/mol. The van der Waals surface area contributed by atoms with Crippen LogP contribution in [0.4, 0.5) is 16.2 Å². The number of benzene rings is 2. The largest absolute Gasteiger partial charge is 0.376 e. The van der Waals surface area contributed by atoms with Crippen molar-refractivity contribution in [3.8, 4) is 0 Å². The number of rotatable bonds is 6. The van der Waals surface area contributed by atoms with Gasteiger partial charge < -0.3 is 20.7 Å². The summed E-state index contributed by atoms with van der Waals surface area (Å²) >= 11 is 3.47. The standard InChI is InChI=1S/C24H28BrN3O3/c25-18-7-5-17(6-8-18)24(13-1-2-14-24)22(29)27-19-9-11-20(12-10-19)28-23(30)26-16-21-4-3-15-31-21/h5-12,21H,1-4,13-16H2,(H,27,29)(H2,26,28,30). The van der Waals surface area contributed by atoms with Crippen LogP contribution in [0, 0.1) is 0 Å². The van der Waals surface area contributed by atoms with Crippen LogP contribution in [0.2, 0.25) is 0 Å². The Morgan fingerprint density at radius 3 is 2.19 bits per heavy atom. The van der Waals surface area contributed by atoms with E-state index in [9.17, 15) is 9.59 Å². The maximum atomic E-state index is 13.3. The topological polar surface area (TPSA) is 79.5 Å². The van der Waals surface area contributed by atoms with Crippen molar-refractivity contribution < 1.29 is 14.3 Å². The lowest BCUT2D eigenvalue weighted by molar-refractivity contribution is -0.121. The summed E-state index contributed by atoms with van der Waals surface area (Å²) in [5.74, 6) is 0.0299. The highest BCUT2D eigenvalue weighted by molar-refractivity contribution is 9.10. The molecule has 4 rings (SSSR count). The highest BCUT2D eigenvalue weighted by Gasteiger charge is 2.42. The number of ether oxygens (including phenoxy) is 1. The number of anilines is 2. The molecule has 1 heterocycles. The van der Waals surface area contributed by atoms with Crippen molar-refractivity contribution in [3.63, 3.8) is 0 Å². The molecule has 1 aliphatic carbocycles. The van der Waals surface area contributed by atoms with Crippen molar-refractivity contribution in [1.82, 2.24) is 5.32 Å². The van der Waals surface area contributed by atoms with Crippen LogP contribution in [-0.4, -0.2) is 31.2 Å². The molecule has 1 saturated heterocycles. The summed E-state index contributed by atoms with van der Waals surface area (Å²) in [4.78, 5) is 25.4. The summed E-state index contributed by atoms with van der Waals surface area (Å²) in [7, 11) is 0. The Balaban J connectivity index is 1.35. The zero-order valence-corrected chi connectivity index (χ0v) is 19.0. The molecule has 2 fully saturated rings. The van der Waals surface area contributed by atoms with E-state index in [1.54, 1.807) is 12.1 Å². The molecule has 3 N–H and O–H groups in total. The summed E-state index contributed by atoms with van der Waals surface area (Å²) in [5.41, 5.74) is 1.97. The van der Waals surface area contributed by atoms with Crippen LogP contribution in [0.1, 0.15) is 44.1 Å². The predicted molar refractivity (Wildman–Crippen MR) is 125 cm³/mol. The SMILES string of the molecule is O=C(NCC1CCCO1)Nc1ccc(NC(=O)C2(c3ccc(Br)cc3)CCCC2)cc1. The van der Waals surface area contributed by atoms with Crippen LogP contribution in [0.5, 0.6) is 0 Å². The molecule has 2 aromatic rings. The summed E-state index contributed by atoms with van der Waals surface area (Å²) in [5, 5.41) is 8.74. The molecule has 3 amide bonds. The summed E-state index contributed by atoms with van der Waals surface area (Å²) in [6, 6.07) is 15.0. The maximum Gasteiger partial charge on any atom is 0.319 e. The number of amides is 3. The van der Waals surface area contributed by atoms with Crippen LogP contribution in [0.25, 0.3) is 0 Å². The Bertz CT molecular complexity index is 903. The van der Waals surface area contributed by atoms with Gasteiger partial charge in [0.2, 0.25) is 5.91 Å². The molecule has 0 radical (unpaired) electrons. The van der Waals surface area contributed by atoms with Crippen molar-refractivity contribution in [3.05, 3.63) is 58.6 Å². The van der Waals surface area contributed by atoms with Crippen molar-refractivity contribution in [2.24, 2.45) is 0 Å². The van der Waals surface area contributed by atoms with Gasteiger partial charge in [0.05, 0.1) is 11.5 Å². The molecule has 0 bridgehead atoms. The lowest BCUT2D eigenvalue weighted by Gasteiger charge is -2.28. The van der Waals surface area contributed by atoms with E-state index in [1.165, 1.54) is 0 Å². The van der Waals surface area contributed by atoms with Crippen molar-refractivity contribution in [2.75, 3.05) is 23.8 Å². The van der Waals surface area contributed by atoms with Gasteiger partial charge >= 0.3 is 6.03 Å². The van der Waals surface area contributed by atoms with Crippen molar-refractivity contribution >= 4 is 39.2 Å². The Hall–Kier alpha value is -2.38. The van der Waals surface area contributed by atoms with E-state index in [1.807, 2.05) is 36.4 Å². The minimum absolute atomic E-state index is 0.0299. The number of hydrogen-bond acceptors (Lipinski definition) is 3. The lowest BCUT2D eigenvalue weighted by atomic mass is 9.78. The number of nitrogens with one attached hydrogen (secondary N) is 3. The van der Waals surface area contributed by atoms with Gasteiger partial charge in [0, 0.05) is 29.0 Å². The Morgan fingerprint density at radius 1 is 0.935 bits per heavy atom. The maximum absolute atomic E-state index is 13.3. The first-order valence-electron chi connectivity index (χ1n) is 10.9. The van der Waals surface area contributed by atoms with Crippen molar-refractivity contribution in [1.29, 1.82) is 0 Å². The average molecular weight is 486 g/mol. The molecular weight excluding hydrogens is 458 g/mol. The van der Waals surface area contributed by atoms with E-state index in [0.29, 0.717) is 12.2 Å². The van der Waals surface area contributed by atoms with E-state index < -0.39 is 5.41 Å². The van der Waals surface area contributed by atoms with E-state index in [-0.39, 0.29) is 18.0 Å². The molecule has 2 aliphatic rings. The molecule has 0 aromatic heterocycles. The third-order valence-electron chi connectivity index (χ3n) is 6.20. The van der Waals surface area contributed by atoms with E-state index >= 15 is 0 Å². The van der Waals surface area contributed by atoms with Crippen LogP contribution in [-0.2, 0) is 14.9 Å². The first-order chi connectivity index (χ1) is 15.0. The zero-order chi connectivity index (χ0) is 21.7. The van der Waals surface area contributed by atoms with Crippen LogP contribution in [0.3, 0.4) is 0 Å². The van der Waals surface area contributed by atoms with Gasteiger partial charge in [-0.05, 0) is 67.6 Å². The van der Waals surface area contributed by atoms with Gasteiger partial charge in [-0.2, -0.15) is 0 Å². The summed E-state index contributed by atoms with van der Waals surface area (Å²) in [6.45, 7) is 1.28. The molecule has 6 nitrogen and oxygen atoms in total. The van der Waals surface area contributed by atoms with E-state index in [2.05, 4.69) is 31.9 Å². The smallest absolute Gasteiger partial charge is 0.319 e. The summed E-state index contributed by atoms with van der Waals surface area (Å²) in [6.07, 6.45) is 5.94. The fourth-order valence-electron chi connectivity index (χ4n) is 4.47. The third kappa shape index (κ3) is 5.28. The second-order valence-corrected chi connectivity index (χ2v) is 9.21. The van der Waals surface area contributed by atoms with Crippen molar-refractivity contribution in [2.45, 2.75) is 50.0 Å². The molecule has 1 aliphatic heterocycles. The minimum atomic E-state index is -0.486. The second kappa shape index (κ2) is 9.83. The molecular formula is C24H28BrN3O3. The Morgan fingerprint density at radius 2 is 1.58 bits per heavy atom. The van der Waals surface area contributed by atoms with E-state index in [0.717, 1.165) is 60.9 Å². The molecule has 2 aromatic carbocycles. The van der Waals surface area contributed by atoms with Gasteiger partial charge in [0.25, 0.3) is 0 Å². The van der Waals surface area contributed by atoms with Gasteiger partial charge in [0.1, 0.15) is 0 Å². The van der Waals surface area contributed by atoms with Gasteiger partial charge in [-0.15, -0.1) is 0 Å².